The highest BCUT2D eigenvalue weighted by Crippen LogP contribution is 2.24. The Labute approximate surface area is 171 Å². The first-order chi connectivity index (χ1) is 13.5. The summed E-state index contributed by atoms with van der Waals surface area (Å²) in [6, 6.07) is 19.6. The summed E-state index contributed by atoms with van der Waals surface area (Å²) in [4.78, 5) is 17.2. The lowest BCUT2D eigenvalue weighted by molar-refractivity contribution is -0.115. The monoisotopic (exact) mass is 434 g/mol. The minimum absolute atomic E-state index is 0.104. The van der Waals surface area contributed by atoms with Gasteiger partial charge in [0, 0.05) is 21.8 Å². The first-order valence-electron chi connectivity index (χ1n) is 8.97. The van der Waals surface area contributed by atoms with Crippen molar-refractivity contribution in [2.24, 2.45) is 0 Å². The molecule has 0 saturated carbocycles. The second-order valence-corrected chi connectivity index (χ2v) is 7.62. The zero-order valence-electron chi connectivity index (χ0n) is 15.6. The summed E-state index contributed by atoms with van der Waals surface area (Å²) in [5.74, 6) is -0.104. The van der Waals surface area contributed by atoms with Crippen molar-refractivity contribution in [2.75, 3.05) is 5.32 Å². The minimum atomic E-state index is -0.104. The smallest absolute Gasteiger partial charge is 0.230 e. The fourth-order valence-corrected chi connectivity index (χ4v) is 3.73. The van der Waals surface area contributed by atoms with Crippen LogP contribution in [0, 0.1) is 13.8 Å². The molecule has 5 nitrogen and oxygen atoms in total. The molecular formula is C22H19BrN4O. The molecule has 2 aromatic heterocycles. The zero-order valence-corrected chi connectivity index (χ0v) is 17.2. The molecule has 0 bridgehead atoms. The number of carbonyl (C=O) groups is 1. The Hall–Kier alpha value is -2.99. The highest BCUT2D eigenvalue weighted by Gasteiger charge is 2.13. The molecule has 0 aliphatic carbocycles. The minimum Gasteiger partial charge on any atom is -0.325 e. The van der Waals surface area contributed by atoms with Gasteiger partial charge in [-0.15, -0.1) is 0 Å². The normalized spacial score (nSPS) is 11.0. The van der Waals surface area contributed by atoms with Gasteiger partial charge in [-0.2, -0.15) is 5.10 Å². The average molecular weight is 435 g/mol. The molecule has 4 aromatic rings. The SMILES string of the molecule is Cc1ccc(NC(=O)Cc2cc(C)nc3cc(-c4ccccc4)nn23)c(Br)c1. The number of halogens is 1. The van der Waals surface area contributed by atoms with Crippen molar-refractivity contribution in [3.8, 4) is 11.3 Å². The number of nitrogens with zero attached hydrogens (tertiary/aromatic N) is 3. The van der Waals surface area contributed by atoms with Crippen LogP contribution in [0.5, 0.6) is 0 Å². The number of aryl methyl sites for hydroxylation is 2. The summed E-state index contributed by atoms with van der Waals surface area (Å²) in [5.41, 5.74) is 6.12. The van der Waals surface area contributed by atoms with Gasteiger partial charge < -0.3 is 5.32 Å². The van der Waals surface area contributed by atoms with Crippen LogP contribution in [0.1, 0.15) is 17.0 Å². The summed E-state index contributed by atoms with van der Waals surface area (Å²) < 4.78 is 2.61. The van der Waals surface area contributed by atoms with Crippen LogP contribution in [0.3, 0.4) is 0 Å². The highest BCUT2D eigenvalue weighted by atomic mass is 79.9. The van der Waals surface area contributed by atoms with Gasteiger partial charge in [0.15, 0.2) is 5.65 Å². The quantitative estimate of drug-likeness (QED) is 0.493. The van der Waals surface area contributed by atoms with Gasteiger partial charge in [-0.25, -0.2) is 9.50 Å². The maximum atomic E-state index is 12.7. The molecule has 28 heavy (non-hydrogen) atoms. The number of fused-ring (bicyclic) bond motifs is 1. The fourth-order valence-electron chi connectivity index (χ4n) is 3.13. The van der Waals surface area contributed by atoms with E-state index in [0.29, 0.717) is 0 Å². The molecule has 1 N–H and O–H groups in total. The average Bonchev–Trinajstić information content (AvgIpc) is 3.09. The van der Waals surface area contributed by atoms with E-state index in [4.69, 9.17) is 0 Å². The van der Waals surface area contributed by atoms with Crippen LogP contribution in [0.4, 0.5) is 5.69 Å². The zero-order chi connectivity index (χ0) is 19.7. The number of rotatable bonds is 4. The van der Waals surface area contributed by atoms with Crippen LogP contribution in [0.25, 0.3) is 16.9 Å². The van der Waals surface area contributed by atoms with Crippen molar-refractivity contribution in [2.45, 2.75) is 20.3 Å². The molecule has 2 aromatic carbocycles. The second kappa shape index (κ2) is 7.56. The number of hydrogen-bond acceptors (Lipinski definition) is 3. The summed E-state index contributed by atoms with van der Waals surface area (Å²) in [6.07, 6.45) is 0.204. The summed E-state index contributed by atoms with van der Waals surface area (Å²) >= 11 is 3.50. The van der Waals surface area contributed by atoms with Crippen molar-refractivity contribution in [3.63, 3.8) is 0 Å². The van der Waals surface area contributed by atoms with Gasteiger partial charge in [0.1, 0.15) is 0 Å². The number of aromatic nitrogens is 3. The summed E-state index contributed by atoms with van der Waals surface area (Å²) in [7, 11) is 0. The molecule has 0 saturated heterocycles. The molecule has 2 heterocycles. The van der Waals surface area contributed by atoms with Crippen LogP contribution < -0.4 is 5.32 Å². The maximum Gasteiger partial charge on any atom is 0.230 e. The number of hydrogen-bond donors (Lipinski definition) is 1. The number of anilines is 1. The molecule has 0 aliphatic rings. The summed E-state index contributed by atoms with van der Waals surface area (Å²) in [6.45, 7) is 3.93. The molecule has 0 unspecified atom stereocenters. The first kappa shape index (κ1) is 18.4. The van der Waals surface area contributed by atoms with Crippen molar-refractivity contribution in [1.82, 2.24) is 14.6 Å². The van der Waals surface area contributed by atoms with E-state index >= 15 is 0 Å². The number of nitrogens with one attached hydrogen (secondary N) is 1. The molecule has 0 aliphatic heterocycles. The van der Waals surface area contributed by atoms with Gasteiger partial charge in [0.2, 0.25) is 5.91 Å². The van der Waals surface area contributed by atoms with Crippen molar-refractivity contribution >= 4 is 33.2 Å². The molecule has 1 amide bonds. The molecule has 0 spiro atoms. The molecule has 0 atom stereocenters. The first-order valence-corrected chi connectivity index (χ1v) is 9.76. The predicted molar refractivity (Wildman–Crippen MR) is 114 cm³/mol. The highest BCUT2D eigenvalue weighted by molar-refractivity contribution is 9.10. The van der Waals surface area contributed by atoms with E-state index in [1.54, 1.807) is 4.52 Å². The fraction of sp³-hybridized carbons (Fsp3) is 0.136. The lowest BCUT2D eigenvalue weighted by Crippen LogP contribution is -2.17. The Morgan fingerprint density at radius 3 is 2.61 bits per heavy atom. The van der Waals surface area contributed by atoms with E-state index < -0.39 is 0 Å². The Balaban J connectivity index is 1.64. The van der Waals surface area contributed by atoms with Gasteiger partial charge in [-0.1, -0.05) is 36.4 Å². The molecule has 6 heteroatoms. The van der Waals surface area contributed by atoms with Crippen LogP contribution >= 0.6 is 15.9 Å². The van der Waals surface area contributed by atoms with E-state index in [0.717, 1.165) is 44.0 Å². The number of benzene rings is 2. The molecule has 0 radical (unpaired) electrons. The Kier molecular flexibility index (Phi) is 4.96. The topological polar surface area (TPSA) is 59.3 Å². The van der Waals surface area contributed by atoms with Gasteiger partial charge >= 0.3 is 0 Å². The van der Waals surface area contributed by atoms with Gasteiger partial charge in [-0.05, 0) is 53.5 Å². The Bertz CT molecular complexity index is 1170. The lowest BCUT2D eigenvalue weighted by Gasteiger charge is -2.09. The van der Waals surface area contributed by atoms with Crippen molar-refractivity contribution < 1.29 is 4.79 Å². The predicted octanol–water partition coefficient (Wildman–Crippen LogP) is 4.96. The summed E-state index contributed by atoms with van der Waals surface area (Å²) in [5, 5.41) is 7.64. The van der Waals surface area contributed by atoms with E-state index in [1.165, 1.54) is 0 Å². The third-order valence-electron chi connectivity index (χ3n) is 4.44. The third kappa shape index (κ3) is 3.82. The number of carbonyl (C=O) groups excluding carboxylic acids is 1. The lowest BCUT2D eigenvalue weighted by atomic mass is 10.2. The van der Waals surface area contributed by atoms with Crippen molar-refractivity contribution in [1.29, 1.82) is 0 Å². The maximum absolute atomic E-state index is 12.7. The van der Waals surface area contributed by atoms with Crippen LogP contribution in [-0.2, 0) is 11.2 Å². The standard InChI is InChI=1S/C22H19BrN4O/c1-14-8-9-19(18(23)10-14)25-22(28)12-17-11-15(2)24-21-13-20(26-27(17)21)16-6-4-3-5-7-16/h3-11,13H,12H2,1-2H3,(H,25,28). The second-order valence-electron chi connectivity index (χ2n) is 6.76. The van der Waals surface area contributed by atoms with Gasteiger partial charge in [0.05, 0.1) is 23.5 Å². The molecule has 0 fully saturated rings. The number of amides is 1. The Morgan fingerprint density at radius 2 is 1.86 bits per heavy atom. The molecule has 140 valence electrons. The van der Waals surface area contributed by atoms with E-state index in [9.17, 15) is 4.79 Å². The van der Waals surface area contributed by atoms with E-state index in [-0.39, 0.29) is 12.3 Å². The van der Waals surface area contributed by atoms with Crippen LogP contribution in [0.2, 0.25) is 0 Å². The van der Waals surface area contributed by atoms with E-state index in [1.807, 2.05) is 74.5 Å². The van der Waals surface area contributed by atoms with Gasteiger partial charge in [0.25, 0.3) is 0 Å². The third-order valence-corrected chi connectivity index (χ3v) is 5.10. The molecular weight excluding hydrogens is 416 g/mol. The largest absolute Gasteiger partial charge is 0.325 e. The molecule has 4 rings (SSSR count). The van der Waals surface area contributed by atoms with Crippen LogP contribution in [-0.4, -0.2) is 20.5 Å². The van der Waals surface area contributed by atoms with Crippen LogP contribution in [0.15, 0.2) is 65.1 Å². The van der Waals surface area contributed by atoms with E-state index in [2.05, 4.69) is 31.3 Å². The van der Waals surface area contributed by atoms with Crippen molar-refractivity contribution in [3.05, 3.63) is 82.1 Å². The Morgan fingerprint density at radius 1 is 1.07 bits per heavy atom. The van der Waals surface area contributed by atoms with Gasteiger partial charge in [-0.3, -0.25) is 4.79 Å².